The second-order valence-electron chi connectivity index (χ2n) is 6.21. The van der Waals surface area contributed by atoms with E-state index in [4.69, 9.17) is 9.47 Å². The number of rotatable bonds is 11. The summed E-state index contributed by atoms with van der Waals surface area (Å²) in [7, 11) is 7.67. The van der Waals surface area contributed by atoms with E-state index in [9.17, 15) is 0 Å². The molecule has 0 bridgehead atoms. The highest BCUT2D eigenvalue weighted by molar-refractivity contribution is 5.79. The van der Waals surface area contributed by atoms with E-state index in [0.717, 1.165) is 38.6 Å². The summed E-state index contributed by atoms with van der Waals surface area (Å²) in [6.07, 6.45) is 0.950. The summed E-state index contributed by atoms with van der Waals surface area (Å²) in [6.45, 7) is 9.30. The second kappa shape index (κ2) is 11.8. The lowest BCUT2D eigenvalue weighted by Crippen LogP contribution is -2.45. The van der Waals surface area contributed by atoms with Gasteiger partial charge in [-0.25, -0.2) is 0 Å². The zero-order valence-corrected chi connectivity index (χ0v) is 14.7. The molecule has 126 valence electrons. The van der Waals surface area contributed by atoms with Crippen LogP contribution in [0, 0.1) is 5.41 Å². The molecule has 0 saturated heterocycles. The van der Waals surface area contributed by atoms with Crippen molar-refractivity contribution in [1.29, 1.82) is 0 Å². The number of methoxy groups -OCH3 is 1. The van der Waals surface area contributed by atoms with Crippen LogP contribution in [-0.4, -0.2) is 78.6 Å². The molecule has 21 heavy (non-hydrogen) atoms. The van der Waals surface area contributed by atoms with Gasteiger partial charge in [0.25, 0.3) is 0 Å². The van der Waals surface area contributed by atoms with Crippen molar-refractivity contribution in [2.45, 2.75) is 20.3 Å². The third-order valence-corrected chi connectivity index (χ3v) is 2.89. The molecule has 0 aromatic rings. The van der Waals surface area contributed by atoms with Crippen LogP contribution in [0.3, 0.4) is 0 Å². The van der Waals surface area contributed by atoms with Crippen molar-refractivity contribution < 1.29 is 9.47 Å². The number of guanidine groups is 1. The fourth-order valence-electron chi connectivity index (χ4n) is 2.08. The normalized spacial score (nSPS) is 12.8. The van der Waals surface area contributed by atoms with Crippen molar-refractivity contribution in [1.82, 2.24) is 15.5 Å². The molecule has 0 aliphatic carbocycles. The molecule has 0 amide bonds. The fraction of sp³-hybridized carbons (Fsp3) is 0.933. The fourth-order valence-corrected chi connectivity index (χ4v) is 2.08. The standard InChI is InChI=1S/C15H34N4O2/c1-15(2,13-19(4)5)12-18-14(16-3)17-8-7-9-21-11-10-20-6/h7-13H2,1-6H3,(H2,16,17,18). The van der Waals surface area contributed by atoms with Gasteiger partial charge in [0.15, 0.2) is 5.96 Å². The van der Waals surface area contributed by atoms with Crippen LogP contribution in [0.25, 0.3) is 0 Å². The Morgan fingerprint density at radius 2 is 1.86 bits per heavy atom. The zero-order valence-electron chi connectivity index (χ0n) is 14.7. The summed E-state index contributed by atoms with van der Waals surface area (Å²) in [4.78, 5) is 6.44. The number of ether oxygens (including phenoxy) is 2. The molecule has 0 aliphatic rings. The van der Waals surface area contributed by atoms with Gasteiger partial charge in [0.05, 0.1) is 13.2 Å². The average molecular weight is 302 g/mol. The van der Waals surface area contributed by atoms with E-state index >= 15 is 0 Å². The molecule has 0 atom stereocenters. The summed E-state index contributed by atoms with van der Waals surface area (Å²) in [6, 6.07) is 0. The highest BCUT2D eigenvalue weighted by Crippen LogP contribution is 2.13. The lowest BCUT2D eigenvalue weighted by atomic mass is 9.93. The van der Waals surface area contributed by atoms with E-state index in [1.165, 1.54) is 0 Å². The van der Waals surface area contributed by atoms with Gasteiger partial charge in [-0.3, -0.25) is 4.99 Å². The van der Waals surface area contributed by atoms with E-state index in [1.54, 1.807) is 14.2 Å². The van der Waals surface area contributed by atoms with Gasteiger partial charge in [-0.1, -0.05) is 13.8 Å². The molecule has 0 spiro atoms. The molecule has 0 aromatic carbocycles. The van der Waals surface area contributed by atoms with Gasteiger partial charge >= 0.3 is 0 Å². The molecule has 6 nitrogen and oxygen atoms in total. The topological polar surface area (TPSA) is 58.1 Å². The molecular weight excluding hydrogens is 268 g/mol. The van der Waals surface area contributed by atoms with Gasteiger partial charge in [0.1, 0.15) is 0 Å². The maximum Gasteiger partial charge on any atom is 0.190 e. The molecule has 0 saturated carbocycles. The summed E-state index contributed by atoms with van der Waals surface area (Å²) in [5.41, 5.74) is 0.199. The highest BCUT2D eigenvalue weighted by atomic mass is 16.5. The third-order valence-electron chi connectivity index (χ3n) is 2.89. The van der Waals surface area contributed by atoms with Crippen molar-refractivity contribution >= 4 is 5.96 Å². The summed E-state index contributed by atoms with van der Waals surface area (Å²) < 4.78 is 10.3. The van der Waals surface area contributed by atoms with Crippen LogP contribution in [-0.2, 0) is 9.47 Å². The smallest absolute Gasteiger partial charge is 0.190 e. The number of nitrogens with one attached hydrogen (secondary N) is 2. The largest absolute Gasteiger partial charge is 0.382 e. The number of aliphatic imine (C=N–C) groups is 1. The zero-order chi connectivity index (χ0) is 16.1. The van der Waals surface area contributed by atoms with E-state index in [2.05, 4.69) is 48.5 Å². The monoisotopic (exact) mass is 302 g/mol. The van der Waals surface area contributed by atoms with Gasteiger partial charge in [0, 0.05) is 40.4 Å². The van der Waals surface area contributed by atoms with Gasteiger partial charge in [0.2, 0.25) is 0 Å². The van der Waals surface area contributed by atoms with Crippen molar-refractivity contribution in [2.75, 3.05) is 67.7 Å². The van der Waals surface area contributed by atoms with Crippen LogP contribution in [0.15, 0.2) is 4.99 Å². The molecule has 0 heterocycles. The van der Waals surface area contributed by atoms with Crippen LogP contribution < -0.4 is 10.6 Å². The van der Waals surface area contributed by atoms with Crippen molar-refractivity contribution in [3.05, 3.63) is 0 Å². The number of nitrogens with zero attached hydrogens (tertiary/aromatic N) is 2. The first-order valence-corrected chi connectivity index (χ1v) is 7.57. The molecule has 0 fully saturated rings. The number of hydrogen-bond donors (Lipinski definition) is 2. The molecule has 2 N–H and O–H groups in total. The van der Waals surface area contributed by atoms with Crippen molar-refractivity contribution in [3.8, 4) is 0 Å². The second-order valence-corrected chi connectivity index (χ2v) is 6.21. The van der Waals surface area contributed by atoms with Crippen LogP contribution >= 0.6 is 0 Å². The van der Waals surface area contributed by atoms with E-state index < -0.39 is 0 Å². The Kier molecular flexibility index (Phi) is 11.3. The molecule has 0 aliphatic heterocycles. The Morgan fingerprint density at radius 1 is 1.14 bits per heavy atom. The lowest BCUT2D eigenvalue weighted by Gasteiger charge is -2.29. The maximum atomic E-state index is 5.42. The Hall–Kier alpha value is -0.850. The molecule has 0 rings (SSSR count). The molecular formula is C15H34N4O2. The highest BCUT2D eigenvalue weighted by Gasteiger charge is 2.19. The summed E-state index contributed by atoms with van der Waals surface area (Å²) >= 11 is 0. The quantitative estimate of drug-likeness (QED) is 0.336. The van der Waals surface area contributed by atoms with Crippen LogP contribution in [0.2, 0.25) is 0 Å². The summed E-state index contributed by atoms with van der Waals surface area (Å²) in [5, 5.41) is 6.68. The predicted octanol–water partition coefficient (Wildman–Crippen LogP) is 0.792. The number of hydrogen-bond acceptors (Lipinski definition) is 4. The van der Waals surface area contributed by atoms with Gasteiger partial charge in [-0.2, -0.15) is 0 Å². The van der Waals surface area contributed by atoms with E-state index in [0.29, 0.717) is 13.2 Å². The Balaban J connectivity index is 3.77. The van der Waals surface area contributed by atoms with Crippen molar-refractivity contribution in [2.24, 2.45) is 10.4 Å². The van der Waals surface area contributed by atoms with Gasteiger partial charge in [-0.15, -0.1) is 0 Å². The minimum atomic E-state index is 0.199. The molecule has 0 unspecified atom stereocenters. The predicted molar refractivity (Wildman–Crippen MR) is 89.0 cm³/mol. The molecule has 6 heteroatoms. The van der Waals surface area contributed by atoms with E-state index in [1.807, 2.05) is 0 Å². The van der Waals surface area contributed by atoms with Crippen LogP contribution in [0.1, 0.15) is 20.3 Å². The minimum absolute atomic E-state index is 0.199. The molecule has 0 radical (unpaired) electrons. The third kappa shape index (κ3) is 12.6. The Bertz CT molecular complexity index is 281. The van der Waals surface area contributed by atoms with Crippen molar-refractivity contribution in [3.63, 3.8) is 0 Å². The van der Waals surface area contributed by atoms with Crippen LogP contribution in [0.4, 0.5) is 0 Å². The first kappa shape index (κ1) is 20.1. The Morgan fingerprint density at radius 3 is 2.43 bits per heavy atom. The summed E-state index contributed by atoms with van der Waals surface area (Å²) in [5.74, 6) is 0.846. The minimum Gasteiger partial charge on any atom is -0.382 e. The van der Waals surface area contributed by atoms with Gasteiger partial charge in [-0.05, 0) is 25.9 Å². The average Bonchev–Trinajstić information content (AvgIpc) is 2.39. The maximum absolute atomic E-state index is 5.42. The first-order chi connectivity index (χ1) is 9.91. The molecule has 0 aromatic heterocycles. The van der Waals surface area contributed by atoms with E-state index in [-0.39, 0.29) is 5.41 Å². The SMILES string of the molecule is CN=C(NCCCOCCOC)NCC(C)(C)CN(C)C. The van der Waals surface area contributed by atoms with Gasteiger partial charge < -0.3 is 25.0 Å². The Labute approximate surface area is 130 Å². The lowest BCUT2D eigenvalue weighted by molar-refractivity contribution is 0.0698. The van der Waals surface area contributed by atoms with Crippen LogP contribution in [0.5, 0.6) is 0 Å². The first-order valence-electron chi connectivity index (χ1n) is 7.57.